The molecule has 0 aliphatic rings. The molecule has 1 aromatic heterocycles. The predicted octanol–water partition coefficient (Wildman–Crippen LogP) is 2.44. The minimum atomic E-state index is 0.300. The summed E-state index contributed by atoms with van der Waals surface area (Å²) in [7, 11) is 0. The van der Waals surface area contributed by atoms with Crippen molar-refractivity contribution in [2.45, 2.75) is 6.42 Å². The molecule has 66 valence electrons. The number of nitrogens with zero attached hydrogens (tertiary/aromatic N) is 1. The van der Waals surface area contributed by atoms with Crippen LogP contribution in [0.25, 0.3) is 0 Å². The standard InChI is InChI=1S/C10H9NOS/c12-10-7-13-11-9(10)6-8-4-2-1-3-5-8/h1-5,7,12H,6H2. The van der Waals surface area contributed by atoms with Crippen LogP contribution in [0.15, 0.2) is 35.7 Å². The maximum atomic E-state index is 9.36. The van der Waals surface area contributed by atoms with Crippen molar-refractivity contribution in [2.24, 2.45) is 0 Å². The fourth-order valence-corrected chi connectivity index (χ4v) is 1.74. The van der Waals surface area contributed by atoms with E-state index in [9.17, 15) is 5.11 Å². The van der Waals surface area contributed by atoms with Gasteiger partial charge in [0.2, 0.25) is 0 Å². The lowest BCUT2D eigenvalue weighted by Gasteiger charge is -1.97. The number of benzene rings is 1. The van der Waals surface area contributed by atoms with Crippen LogP contribution in [0.5, 0.6) is 5.75 Å². The average Bonchev–Trinajstić information content (AvgIpc) is 2.54. The second kappa shape index (κ2) is 3.58. The van der Waals surface area contributed by atoms with E-state index in [-0.39, 0.29) is 0 Å². The molecule has 0 bridgehead atoms. The van der Waals surface area contributed by atoms with Gasteiger partial charge in [0, 0.05) is 6.42 Å². The maximum absolute atomic E-state index is 9.36. The Balaban J connectivity index is 2.20. The smallest absolute Gasteiger partial charge is 0.149 e. The van der Waals surface area contributed by atoms with E-state index in [1.54, 1.807) is 5.38 Å². The largest absolute Gasteiger partial charge is 0.505 e. The Morgan fingerprint density at radius 3 is 2.62 bits per heavy atom. The van der Waals surface area contributed by atoms with Crippen molar-refractivity contribution in [2.75, 3.05) is 0 Å². The topological polar surface area (TPSA) is 33.1 Å². The van der Waals surface area contributed by atoms with Gasteiger partial charge in [-0.05, 0) is 17.1 Å². The lowest BCUT2D eigenvalue weighted by molar-refractivity contribution is 0.470. The Morgan fingerprint density at radius 2 is 2.00 bits per heavy atom. The monoisotopic (exact) mass is 191 g/mol. The third-order valence-electron chi connectivity index (χ3n) is 1.84. The molecule has 2 rings (SSSR count). The fourth-order valence-electron chi connectivity index (χ4n) is 1.17. The van der Waals surface area contributed by atoms with Gasteiger partial charge in [0.15, 0.2) is 0 Å². The summed E-state index contributed by atoms with van der Waals surface area (Å²) in [5, 5.41) is 11.0. The Hall–Kier alpha value is -1.35. The number of aromatic nitrogens is 1. The minimum absolute atomic E-state index is 0.300. The predicted molar refractivity (Wildman–Crippen MR) is 53.0 cm³/mol. The van der Waals surface area contributed by atoms with Crippen LogP contribution >= 0.6 is 11.5 Å². The number of hydrogen-bond donors (Lipinski definition) is 1. The molecular formula is C10H9NOS. The molecule has 2 nitrogen and oxygen atoms in total. The first kappa shape index (κ1) is 8.26. The Bertz CT molecular complexity index is 383. The van der Waals surface area contributed by atoms with Crippen molar-refractivity contribution < 1.29 is 5.11 Å². The van der Waals surface area contributed by atoms with Gasteiger partial charge in [0.05, 0.1) is 5.38 Å². The number of rotatable bonds is 2. The molecule has 0 radical (unpaired) electrons. The molecule has 2 aromatic rings. The third-order valence-corrected chi connectivity index (χ3v) is 2.49. The molecule has 13 heavy (non-hydrogen) atoms. The molecule has 0 aliphatic carbocycles. The molecule has 0 aliphatic heterocycles. The van der Waals surface area contributed by atoms with E-state index >= 15 is 0 Å². The first-order chi connectivity index (χ1) is 6.36. The summed E-state index contributed by atoms with van der Waals surface area (Å²) >= 11 is 1.29. The quantitative estimate of drug-likeness (QED) is 0.790. The van der Waals surface area contributed by atoms with Crippen molar-refractivity contribution in [1.29, 1.82) is 0 Å². The minimum Gasteiger partial charge on any atom is -0.505 e. The molecule has 1 N–H and O–H groups in total. The van der Waals surface area contributed by atoms with Gasteiger partial charge < -0.3 is 5.11 Å². The lowest BCUT2D eigenvalue weighted by Crippen LogP contribution is -1.86. The summed E-state index contributed by atoms with van der Waals surface area (Å²) in [6.45, 7) is 0. The molecule has 0 amide bonds. The van der Waals surface area contributed by atoms with Crippen LogP contribution in [0.2, 0.25) is 0 Å². The molecule has 0 spiro atoms. The van der Waals surface area contributed by atoms with E-state index in [1.165, 1.54) is 17.1 Å². The molecule has 1 heterocycles. The van der Waals surface area contributed by atoms with Gasteiger partial charge >= 0.3 is 0 Å². The highest BCUT2D eigenvalue weighted by atomic mass is 32.1. The summed E-state index contributed by atoms with van der Waals surface area (Å²) < 4.78 is 4.10. The second-order valence-electron chi connectivity index (χ2n) is 2.81. The van der Waals surface area contributed by atoms with E-state index in [0.717, 1.165) is 5.69 Å². The zero-order valence-electron chi connectivity index (χ0n) is 6.97. The fraction of sp³-hybridized carbons (Fsp3) is 0.100. The van der Waals surface area contributed by atoms with E-state index in [2.05, 4.69) is 4.37 Å². The van der Waals surface area contributed by atoms with E-state index in [4.69, 9.17) is 0 Å². The van der Waals surface area contributed by atoms with Crippen molar-refractivity contribution in [1.82, 2.24) is 4.37 Å². The van der Waals surface area contributed by atoms with E-state index in [1.807, 2.05) is 30.3 Å². The van der Waals surface area contributed by atoms with Gasteiger partial charge in [-0.3, -0.25) is 0 Å². The van der Waals surface area contributed by atoms with Gasteiger partial charge in [-0.15, -0.1) is 0 Å². The summed E-state index contributed by atoms with van der Waals surface area (Å²) in [6.07, 6.45) is 0.705. The van der Waals surface area contributed by atoms with Gasteiger partial charge in [0.25, 0.3) is 0 Å². The number of hydrogen-bond acceptors (Lipinski definition) is 3. The molecule has 0 unspecified atom stereocenters. The Morgan fingerprint density at radius 1 is 1.23 bits per heavy atom. The van der Waals surface area contributed by atoms with Crippen LogP contribution in [0.3, 0.4) is 0 Å². The normalized spacial score (nSPS) is 10.2. The molecule has 3 heteroatoms. The summed E-state index contributed by atoms with van der Waals surface area (Å²) in [5.41, 5.74) is 1.93. The second-order valence-corrected chi connectivity index (χ2v) is 3.44. The van der Waals surface area contributed by atoms with Gasteiger partial charge in [0.1, 0.15) is 11.4 Å². The lowest BCUT2D eigenvalue weighted by atomic mass is 10.1. The van der Waals surface area contributed by atoms with Gasteiger partial charge in [-0.1, -0.05) is 30.3 Å². The van der Waals surface area contributed by atoms with Crippen LogP contribution < -0.4 is 0 Å². The highest BCUT2D eigenvalue weighted by Crippen LogP contribution is 2.20. The molecule has 0 saturated carbocycles. The average molecular weight is 191 g/mol. The van der Waals surface area contributed by atoms with Gasteiger partial charge in [-0.2, -0.15) is 4.37 Å². The van der Waals surface area contributed by atoms with Gasteiger partial charge in [-0.25, -0.2) is 0 Å². The summed E-state index contributed by atoms with van der Waals surface area (Å²) in [5.74, 6) is 0.300. The van der Waals surface area contributed by atoms with E-state index < -0.39 is 0 Å². The Labute approximate surface area is 80.6 Å². The van der Waals surface area contributed by atoms with Crippen LogP contribution in [-0.4, -0.2) is 9.48 Å². The van der Waals surface area contributed by atoms with E-state index in [0.29, 0.717) is 12.2 Å². The van der Waals surface area contributed by atoms with Crippen LogP contribution in [0.1, 0.15) is 11.3 Å². The Kier molecular flexibility index (Phi) is 2.27. The van der Waals surface area contributed by atoms with Crippen LogP contribution in [-0.2, 0) is 6.42 Å². The molecule has 0 atom stereocenters. The van der Waals surface area contributed by atoms with Crippen molar-refractivity contribution >= 4 is 11.5 Å². The zero-order chi connectivity index (χ0) is 9.10. The molecular weight excluding hydrogens is 182 g/mol. The molecule has 1 aromatic carbocycles. The van der Waals surface area contributed by atoms with Crippen molar-refractivity contribution in [3.63, 3.8) is 0 Å². The summed E-state index contributed by atoms with van der Waals surface area (Å²) in [6, 6.07) is 10.00. The van der Waals surface area contributed by atoms with Crippen molar-refractivity contribution in [3.8, 4) is 5.75 Å². The molecule has 0 saturated heterocycles. The SMILES string of the molecule is Oc1csnc1Cc1ccccc1. The highest BCUT2D eigenvalue weighted by Gasteiger charge is 2.03. The molecule has 0 fully saturated rings. The highest BCUT2D eigenvalue weighted by molar-refractivity contribution is 7.03. The van der Waals surface area contributed by atoms with Crippen LogP contribution in [0.4, 0.5) is 0 Å². The first-order valence-corrected chi connectivity index (χ1v) is 4.86. The first-order valence-electron chi connectivity index (χ1n) is 4.02. The number of aromatic hydroxyl groups is 1. The maximum Gasteiger partial charge on any atom is 0.149 e. The zero-order valence-corrected chi connectivity index (χ0v) is 7.79. The van der Waals surface area contributed by atoms with Crippen molar-refractivity contribution in [3.05, 3.63) is 47.0 Å². The third kappa shape index (κ3) is 1.87. The van der Waals surface area contributed by atoms with Crippen LogP contribution in [0, 0.1) is 0 Å². The summed E-state index contributed by atoms with van der Waals surface area (Å²) in [4.78, 5) is 0.